The fourth-order valence-electron chi connectivity index (χ4n) is 3.97. The molecule has 1 aliphatic carbocycles. The molecular weight excluding hydrogens is 250 g/mol. The number of piperazine rings is 1. The van der Waals surface area contributed by atoms with Crippen LogP contribution in [0.25, 0.3) is 0 Å². The van der Waals surface area contributed by atoms with Crippen LogP contribution in [0.3, 0.4) is 0 Å². The monoisotopic (exact) mass is 281 g/mol. The summed E-state index contributed by atoms with van der Waals surface area (Å²) < 4.78 is 0. The van der Waals surface area contributed by atoms with Crippen LogP contribution in [0.5, 0.6) is 0 Å². The van der Waals surface area contributed by atoms with E-state index in [0.29, 0.717) is 11.9 Å². The molecule has 1 atom stereocenters. The molecule has 2 N–H and O–H groups in total. The SMILES string of the molecule is CCC(CN)N1CCN(C(=O)C2(CC)CCCC2)CC1. The number of carbonyl (C=O) groups is 1. The smallest absolute Gasteiger partial charge is 0.228 e. The van der Waals surface area contributed by atoms with E-state index < -0.39 is 0 Å². The van der Waals surface area contributed by atoms with Gasteiger partial charge in [-0.2, -0.15) is 0 Å². The van der Waals surface area contributed by atoms with Crippen molar-refractivity contribution in [1.82, 2.24) is 9.80 Å². The molecule has 1 amide bonds. The van der Waals surface area contributed by atoms with E-state index in [1.807, 2.05) is 0 Å². The standard InChI is InChI=1S/C16H31N3O/c1-3-14(13-17)18-9-11-19(12-10-18)15(20)16(4-2)7-5-6-8-16/h14H,3-13,17H2,1-2H3. The number of carbonyl (C=O) groups excluding carboxylic acids is 1. The van der Waals surface area contributed by atoms with Gasteiger partial charge in [-0.25, -0.2) is 0 Å². The second kappa shape index (κ2) is 6.90. The highest BCUT2D eigenvalue weighted by Gasteiger charge is 2.42. The highest BCUT2D eigenvalue weighted by molar-refractivity contribution is 5.83. The molecule has 0 spiro atoms. The van der Waals surface area contributed by atoms with Gasteiger partial charge in [0.2, 0.25) is 5.91 Å². The minimum Gasteiger partial charge on any atom is -0.340 e. The molecule has 20 heavy (non-hydrogen) atoms. The van der Waals surface area contributed by atoms with Gasteiger partial charge in [-0.3, -0.25) is 9.69 Å². The number of rotatable bonds is 5. The zero-order valence-corrected chi connectivity index (χ0v) is 13.2. The van der Waals surface area contributed by atoms with Crippen molar-refractivity contribution in [2.24, 2.45) is 11.1 Å². The van der Waals surface area contributed by atoms with Gasteiger partial charge in [0.1, 0.15) is 0 Å². The molecule has 4 nitrogen and oxygen atoms in total. The molecule has 1 saturated carbocycles. The second-order valence-corrected chi connectivity index (χ2v) is 6.47. The Kier molecular flexibility index (Phi) is 5.44. The molecule has 0 aromatic carbocycles. The van der Waals surface area contributed by atoms with Crippen LogP contribution in [0.15, 0.2) is 0 Å². The predicted octanol–water partition coefficient (Wildman–Crippen LogP) is 1.84. The van der Waals surface area contributed by atoms with Crippen LogP contribution in [0.2, 0.25) is 0 Å². The highest BCUT2D eigenvalue weighted by Crippen LogP contribution is 2.42. The van der Waals surface area contributed by atoms with Gasteiger partial charge in [-0.15, -0.1) is 0 Å². The van der Waals surface area contributed by atoms with E-state index in [1.54, 1.807) is 0 Å². The van der Waals surface area contributed by atoms with Crippen molar-refractivity contribution in [2.45, 2.75) is 58.4 Å². The first kappa shape index (κ1) is 15.8. The topological polar surface area (TPSA) is 49.6 Å². The summed E-state index contributed by atoms with van der Waals surface area (Å²) in [6.07, 6.45) is 6.76. The summed E-state index contributed by atoms with van der Waals surface area (Å²) in [4.78, 5) is 17.4. The maximum Gasteiger partial charge on any atom is 0.228 e. The van der Waals surface area contributed by atoms with Crippen molar-refractivity contribution in [2.75, 3.05) is 32.7 Å². The van der Waals surface area contributed by atoms with Crippen LogP contribution >= 0.6 is 0 Å². The van der Waals surface area contributed by atoms with Crippen molar-refractivity contribution >= 4 is 5.91 Å². The summed E-state index contributed by atoms with van der Waals surface area (Å²) >= 11 is 0. The molecule has 1 unspecified atom stereocenters. The van der Waals surface area contributed by atoms with E-state index in [9.17, 15) is 4.79 Å². The average Bonchev–Trinajstić information content (AvgIpc) is 2.98. The van der Waals surface area contributed by atoms with Crippen LogP contribution in [-0.4, -0.2) is 54.5 Å². The summed E-state index contributed by atoms with van der Waals surface area (Å²) in [7, 11) is 0. The normalized spacial score (nSPS) is 24.9. The molecule has 1 heterocycles. The van der Waals surface area contributed by atoms with Crippen molar-refractivity contribution in [3.63, 3.8) is 0 Å². The zero-order chi connectivity index (χ0) is 14.6. The molecule has 0 aromatic rings. The van der Waals surface area contributed by atoms with Crippen molar-refractivity contribution in [3.8, 4) is 0 Å². The number of nitrogens with two attached hydrogens (primary N) is 1. The molecule has 2 aliphatic rings. The Labute approximate surface area is 123 Å². The van der Waals surface area contributed by atoms with E-state index >= 15 is 0 Å². The van der Waals surface area contributed by atoms with Gasteiger partial charge in [0, 0.05) is 44.2 Å². The van der Waals surface area contributed by atoms with Gasteiger partial charge in [-0.1, -0.05) is 26.7 Å². The average molecular weight is 281 g/mol. The lowest BCUT2D eigenvalue weighted by Gasteiger charge is -2.42. The Morgan fingerprint density at radius 3 is 2.20 bits per heavy atom. The van der Waals surface area contributed by atoms with E-state index in [1.165, 1.54) is 12.8 Å². The quantitative estimate of drug-likeness (QED) is 0.836. The molecule has 2 rings (SSSR count). The van der Waals surface area contributed by atoms with Gasteiger partial charge in [0.15, 0.2) is 0 Å². The number of hydrogen-bond donors (Lipinski definition) is 1. The Morgan fingerprint density at radius 2 is 1.75 bits per heavy atom. The van der Waals surface area contributed by atoms with E-state index in [2.05, 4.69) is 23.6 Å². The van der Waals surface area contributed by atoms with Gasteiger partial charge in [0.05, 0.1) is 0 Å². The van der Waals surface area contributed by atoms with Gasteiger partial charge >= 0.3 is 0 Å². The molecule has 1 saturated heterocycles. The predicted molar refractivity (Wildman–Crippen MR) is 82.5 cm³/mol. The third-order valence-electron chi connectivity index (χ3n) is 5.55. The third-order valence-corrected chi connectivity index (χ3v) is 5.55. The maximum absolute atomic E-state index is 12.9. The lowest BCUT2D eigenvalue weighted by Crippen LogP contribution is -2.55. The molecule has 0 aromatic heterocycles. The van der Waals surface area contributed by atoms with Gasteiger partial charge in [0.25, 0.3) is 0 Å². The molecule has 0 radical (unpaired) electrons. The summed E-state index contributed by atoms with van der Waals surface area (Å²) in [5.41, 5.74) is 5.80. The summed E-state index contributed by atoms with van der Waals surface area (Å²) in [6.45, 7) is 8.85. The van der Waals surface area contributed by atoms with Crippen LogP contribution in [-0.2, 0) is 4.79 Å². The number of hydrogen-bond acceptors (Lipinski definition) is 3. The van der Waals surface area contributed by atoms with Gasteiger partial charge < -0.3 is 10.6 Å². The van der Waals surface area contributed by atoms with Crippen LogP contribution in [0.1, 0.15) is 52.4 Å². The Morgan fingerprint density at radius 1 is 1.15 bits per heavy atom. The lowest BCUT2D eigenvalue weighted by molar-refractivity contribution is -0.144. The van der Waals surface area contributed by atoms with Crippen molar-refractivity contribution in [1.29, 1.82) is 0 Å². The highest BCUT2D eigenvalue weighted by atomic mass is 16.2. The Balaban J connectivity index is 1.91. The summed E-state index contributed by atoms with van der Waals surface area (Å²) in [5, 5.41) is 0. The van der Waals surface area contributed by atoms with Crippen molar-refractivity contribution < 1.29 is 4.79 Å². The van der Waals surface area contributed by atoms with Crippen molar-refractivity contribution in [3.05, 3.63) is 0 Å². The minimum absolute atomic E-state index is 0.0276. The van der Waals surface area contributed by atoms with Crippen LogP contribution < -0.4 is 5.73 Å². The summed E-state index contributed by atoms with van der Waals surface area (Å²) in [6, 6.07) is 0.485. The Bertz CT molecular complexity index is 314. The number of amides is 1. The van der Waals surface area contributed by atoms with E-state index in [4.69, 9.17) is 5.73 Å². The zero-order valence-electron chi connectivity index (χ0n) is 13.2. The third kappa shape index (κ3) is 3.01. The first-order valence-electron chi connectivity index (χ1n) is 8.40. The second-order valence-electron chi connectivity index (χ2n) is 6.47. The first-order valence-corrected chi connectivity index (χ1v) is 8.40. The maximum atomic E-state index is 12.9. The minimum atomic E-state index is -0.0276. The molecule has 116 valence electrons. The van der Waals surface area contributed by atoms with E-state index in [0.717, 1.165) is 58.4 Å². The summed E-state index contributed by atoms with van der Waals surface area (Å²) in [5.74, 6) is 0.429. The van der Waals surface area contributed by atoms with E-state index in [-0.39, 0.29) is 5.41 Å². The fourth-order valence-corrected chi connectivity index (χ4v) is 3.97. The molecule has 1 aliphatic heterocycles. The van der Waals surface area contributed by atoms with Gasteiger partial charge in [-0.05, 0) is 25.7 Å². The lowest BCUT2D eigenvalue weighted by atomic mass is 9.81. The Hall–Kier alpha value is -0.610. The molecule has 4 heteroatoms. The largest absolute Gasteiger partial charge is 0.340 e. The fraction of sp³-hybridized carbons (Fsp3) is 0.938. The molecule has 0 bridgehead atoms. The number of nitrogens with zero attached hydrogens (tertiary/aromatic N) is 2. The molecule has 2 fully saturated rings. The molecular formula is C16H31N3O. The van der Waals surface area contributed by atoms with Crippen LogP contribution in [0.4, 0.5) is 0 Å². The first-order chi connectivity index (χ1) is 9.66. The van der Waals surface area contributed by atoms with Crippen LogP contribution in [0, 0.1) is 5.41 Å².